The van der Waals surface area contributed by atoms with Crippen LogP contribution >= 0.6 is 11.9 Å². The number of piperidine rings is 1. The van der Waals surface area contributed by atoms with Gasteiger partial charge in [0, 0.05) is 24.5 Å². The van der Waals surface area contributed by atoms with Crippen molar-refractivity contribution in [2.24, 2.45) is 0 Å². The number of halogens is 1. The van der Waals surface area contributed by atoms with Crippen LogP contribution < -0.4 is 5.32 Å². The van der Waals surface area contributed by atoms with Crippen LogP contribution in [0.15, 0.2) is 71.8 Å². The summed E-state index contributed by atoms with van der Waals surface area (Å²) < 4.78 is 17.2. The van der Waals surface area contributed by atoms with Gasteiger partial charge in [0.1, 0.15) is 22.9 Å². The first-order chi connectivity index (χ1) is 17.0. The minimum Gasteiger partial charge on any atom is -0.506 e. The largest absolute Gasteiger partial charge is 0.506 e. The molecule has 0 bridgehead atoms. The number of benzene rings is 2. The molecule has 2 aromatic heterocycles. The van der Waals surface area contributed by atoms with Gasteiger partial charge in [-0.3, -0.25) is 9.20 Å². The zero-order valence-corrected chi connectivity index (χ0v) is 20.3. The number of carbonyl (C=O) groups excluding carboxylic acids is 1. The van der Waals surface area contributed by atoms with Gasteiger partial charge >= 0.3 is 0 Å². The number of aromatic nitrogens is 2. The predicted molar refractivity (Wildman–Crippen MR) is 135 cm³/mol. The first-order valence-corrected chi connectivity index (χ1v) is 12.5. The molecule has 6 nitrogen and oxygen atoms in total. The number of aryl methyl sites for hydroxylation is 1. The number of pyridine rings is 1. The Morgan fingerprint density at radius 3 is 2.51 bits per heavy atom. The molecule has 180 valence electrons. The lowest BCUT2D eigenvalue weighted by atomic mass is 9.90. The maximum Gasteiger partial charge on any atom is 0.270 e. The van der Waals surface area contributed by atoms with Crippen LogP contribution in [-0.4, -0.2) is 37.8 Å². The molecule has 0 aliphatic carbocycles. The van der Waals surface area contributed by atoms with Crippen LogP contribution in [0.2, 0.25) is 0 Å². The van der Waals surface area contributed by atoms with Crippen LogP contribution in [0.3, 0.4) is 0 Å². The number of imidazole rings is 1. The molecule has 1 fully saturated rings. The fourth-order valence-corrected chi connectivity index (χ4v) is 5.47. The number of nitrogens with zero attached hydrogens (tertiary/aromatic N) is 3. The maximum absolute atomic E-state index is 13.2. The first kappa shape index (κ1) is 23.4. The van der Waals surface area contributed by atoms with E-state index in [0.717, 1.165) is 36.4 Å². The van der Waals surface area contributed by atoms with E-state index in [2.05, 4.69) is 26.7 Å². The quantitative estimate of drug-likeness (QED) is 0.359. The monoisotopic (exact) mass is 490 g/mol. The Hall–Kier alpha value is -3.36. The fraction of sp³-hybridized carbons (Fsp3) is 0.259. The van der Waals surface area contributed by atoms with Crippen molar-refractivity contribution < 1.29 is 14.3 Å². The summed E-state index contributed by atoms with van der Waals surface area (Å²) in [5.74, 6) is 0.147. The Morgan fingerprint density at radius 2 is 1.80 bits per heavy atom. The van der Waals surface area contributed by atoms with Crippen molar-refractivity contribution in [1.82, 2.24) is 19.0 Å². The Labute approximate surface area is 207 Å². The summed E-state index contributed by atoms with van der Waals surface area (Å²) in [6, 6.07) is 18.3. The van der Waals surface area contributed by atoms with Crippen molar-refractivity contribution in [2.45, 2.75) is 37.1 Å². The van der Waals surface area contributed by atoms with E-state index in [1.54, 1.807) is 47.5 Å². The lowest BCUT2D eigenvalue weighted by Crippen LogP contribution is -2.27. The summed E-state index contributed by atoms with van der Waals surface area (Å²) in [4.78, 5) is 18.4. The molecule has 2 aromatic carbocycles. The second kappa shape index (κ2) is 10.1. The summed E-state index contributed by atoms with van der Waals surface area (Å²) in [6.07, 6.45) is 3.62. The van der Waals surface area contributed by atoms with Crippen molar-refractivity contribution >= 4 is 23.5 Å². The summed E-state index contributed by atoms with van der Waals surface area (Å²) in [5, 5.41) is 12.7. The van der Waals surface area contributed by atoms with E-state index in [1.165, 1.54) is 11.8 Å². The van der Waals surface area contributed by atoms with Gasteiger partial charge in [0.25, 0.3) is 5.91 Å². The number of aromatic hydroxyl groups is 1. The highest BCUT2D eigenvalue weighted by Crippen LogP contribution is 2.33. The zero-order valence-electron chi connectivity index (χ0n) is 19.4. The minimum atomic E-state index is -0.233. The molecule has 1 aliphatic heterocycles. The normalized spacial score (nSPS) is 14.9. The van der Waals surface area contributed by atoms with E-state index in [4.69, 9.17) is 0 Å². The van der Waals surface area contributed by atoms with Gasteiger partial charge in [-0.2, -0.15) is 0 Å². The van der Waals surface area contributed by atoms with Crippen LogP contribution in [0, 0.1) is 12.7 Å². The van der Waals surface area contributed by atoms with Gasteiger partial charge < -0.3 is 10.4 Å². The summed E-state index contributed by atoms with van der Waals surface area (Å²) >= 11 is 1.75. The third-order valence-corrected chi connectivity index (χ3v) is 7.50. The van der Waals surface area contributed by atoms with Gasteiger partial charge in [-0.05, 0) is 85.2 Å². The van der Waals surface area contributed by atoms with Crippen molar-refractivity contribution in [1.29, 1.82) is 0 Å². The second-order valence-electron chi connectivity index (χ2n) is 8.83. The molecule has 5 rings (SSSR count). The highest BCUT2D eigenvalue weighted by atomic mass is 32.2. The van der Waals surface area contributed by atoms with Crippen molar-refractivity contribution in [2.75, 3.05) is 13.1 Å². The average molecular weight is 491 g/mol. The molecule has 35 heavy (non-hydrogen) atoms. The topological polar surface area (TPSA) is 69.9 Å². The second-order valence-corrected chi connectivity index (χ2v) is 10.0. The molecular formula is C27H27FN4O2S. The predicted octanol–water partition coefficient (Wildman–Crippen LogP) is 5.30. The maximum atomic E-state index is 13.2. The van der Waals surface area contributed by atoms with E-state index in [1.807, 2.05) is 24.3 Å². The first-order valence-electron chi connectivity index (χ1n) is 11.7. The third-order valence-electron chi connectivity index (χ3n) is 6.40. The van der Waals surface area contributed by atoms with Crippen LogP contribution in [0.25, 0.3) is 5.65 Å². The number of hydrogen-bond acceptors (Lipinski definition) is 5. The van der Waals surface area contributed by atoms with Gasteiger partial charge in [0.15, 0.2) is 0 Å². The molecule has 1 saturated heterocycles. The van der Waals surface area contributed by atoms with Crippen LogP contribution in [-0.2, 0) is 6.54 Å². The molecule has 2 N–H and O–H groups in total. The number of amides is 1. The van der Waals surface area contributed by atoms with E-state index in [9.17, 15) is 14.3 Å². The van der Waals surface area contributed by atoms with Gasteiger partial charge in [0.2, 0.25) is 0 Å². The fourth-order valence-electron chi connectivity index (χ4n) is 4.52. The molecule has 0 saturated carbocycles. The Kier molecular flexibility index (Phi) is 6.74. The molecule has 4 aromatic rings. The van der Waals surface area contributed by atoms with E-state index in [-0.39, 0.29) is 17.5 Å². The molecule has 0 radical (unpaired) electrons. The lowest BCUT2D eigenvalue weighted by Gasteiger charge is -2.31. The van der Waals surface area contributed by atoms with E-state index >= 15 is 0 Å². The highest BCUT2D eigenvalue weighted by Gasteiger charge is 2.21. The Bertz CT molecular complexity index is 1330. The lowest BCUT2D eigenvalue weighted by molar-refractivity contribution is 0.0944. The van der Waals surface area contributed by atoms with Gasteiger partial charge in [-0.25, -0.2) is 13.7 Å². The molecule has 1 aliphatic rings. The van der Waals surface area contributed by atoms with E-state index < -0.39 is 0 Å². The van der Waals surface area contributed by atoms with Crippen molar-refractivity contribution in [3.05, 3.63) is 95.2 Å². The zero-order chi connectivity index (χ0) is 24.4. The third kappa shape index (κ3) is 5.33. The van der Waals surface area contributed by atoms with Crippen LogP contribution in [0.4, 0.5) is 4.39 Å². The molecule has 3 heterocycles. The van der Waals surface area contributed by atoms with Gasteiger partial charge in [0.05, 0.1) is 11.9 Å². The van der Waals surface area contributed by atoms with Gasteiger partial charge in [-0.15, -0.1) is 0 Å². The van der Waals surface area contributed by atoms with Crippen molar-refractivity contribution in [3.63, 3.8) is 0 Å². The van der Waals surface area contributed by atoms with Crippen LogP contribution in [0.5, 0.6) is 5.75 Å². The summed E-state index contributed by atoms with van der Waals surface area (Å²) in [5.41, 5.74) is 3.88. The summed E-state index contributed by atoms with van der Waals surface area (Å²) in [6.45, 7) is 4.16. The standard InChI is InChI=1S/C27H27FN4O2S/c1-18-26(32-17-23(33)8-11-25(32)30-18)27(34)29-16-19-2-9-24(10-3-19)35-31-14-12-21(13-15-31)20-4-6-22(28)7-5-20/h2-11,17,21,33H,12-16H2,1H3,(H,29,34). The molecule has 8 heteroatoms. The van der Waals surface area contributed by atoms with Gasteiger partial charge in [-0.1, -0.05) is 24.3 Å². The van der Waals surface area contributed by atoms with Crippen molar-refractivity contribution in [3.8, 4) is 5.75 Å². The Balaban J connectivity index is 1.14. The van der Waals surface area contributed by atoms with E-state index in [0.29, 0.717) is 29.5 Å². The minimum absolute atomic E-state index is 0.0803. The number of carbonyl (C=O) groups is 1. The number of rotatable bonds is 6. The average Bonchev–Trinajstić information content (AvgIpc) is 3.19. The number of fused-ring (bicyclic) bond motifs is 1. The smallest absolute Gasteiger partial charge is 0.270 e. The molecular weight excluding hydrogens is 463 g/mol. The molecule has 1 amide bonds. The highest BCUT2D eigenvalue weighted by molar-refractivity contribution is 7.97. The summed E-state index contributed by atoms with van der Waals surface area (Å²) in [7, 11) is 0. The molecule has 0 atom stereocenters. The van der Waals surface area contributed by atoms with Crippen LogP contribution in [0.1, 0.15) is 46.1 Å². The SMILES string of the molecule is Cc1nc2ccc(O)cn2c1C(=O)NCc1ccc(SN2CCC(c3ccc(F)cc3)CC2)cc1. The number of hydrogen-bond donors (Lipinski definition) is 2. The number of nitrogens with one attached hydrogen (secondary N) is 1. The Morgan fingerprint density at radius 1 is 1.09 bits per heavy atom. The molecule has 0 spiro atoms. The molecule has 0 unspecified atom stereocenters.